The molecule has 0 unspecified atom stereocenters. The van der Waals surface area contributed by atoms with E-state index < -0.39 is 6.03 Å². The number of halogens is 1. The van der Waals surface area contributed by atoms with Crippen molar-refractivity contribution in [3.05, 3.63) is 59.4 Å². The zero-order chi connectivity index (χ0) is 16.8. The van der Waals surface area contributed by atoms with Crippen molar-refractivity contribution in [1.29, 1.82) is 0 Å². The van der Waals surface area contributed by atoms with Gasteiger partial charge < -0.3 is 5.32 Å². The topological polar surface area (TPSA) is 58.4 Å². The first kappa shape index (κ1) is 17.0. The van der Waals surface area contributed by atoms with Crippen molar-refractivity contribution in [2.45, 2.75) is 26.8 Å². The number of carbonyl (C=O) groups is 1. The Labute approximate surface area is 136 Å². The Balaban J connectivity index is 2.16. The molecule has 2 amide bonds. The molecule has 0 aliphatic heterocycles. The molecule has 0 aliphatic rings. The lowest BCUT2D eigenvalue weighted by atomic mass is 9.97. The molecule has 23 heavy (non-hydrogen) atoms. The first-order chi connectivity index (χ1) is 11.1. The third-order valence-corrected chi connectivity index (χ3v) is 3.79. The highest BCUT2D eigenvalue weighted by Crippen LogP contribution is 2.26. The number of nitrogens with one attached hydrogen (secondary N) is 1. The minimum atomic E-state index is -0.424. The van der Waals surface area contributed by atoms with Gasteiger partial charge in [0.25, 0.3) is 0 Å². The summed E-state index contributed by atoms with van der Waals surface area (Å²) >= 11 is 0. The lowest BCUT2D eigenvalue weighted by molar-refractivity contribution is 0.201. The van der Waals surface area contributed by atoms with Crippen LogP contribution in [0.3, 0.4) is 0 Å². The van der Waals surface area contributed by atoms with Crippen molar-refractivity contribution in [2.24, 2.45) is 5.84 Å². The van der Waals surface area contributed by atoms with Gasteiger partial charge in [-0.1, -0.05) is 43.3 Å². The first-order valence-corrected chi connectivity index (χ1v) is 7.73. The standard InChI is InChI=1S/C18H22FN3O/c1-3-13-7-5-6-8-16(13)14-9-10-15(17(19)11-14)12-21-18(23)22(20)4-2/h5-11H,3-4,12,20H2,1-2H3,(H,21,23). The highest BCUT2D eigenvalue weighted by atomic mass is 19.1. The molecule has 2 aromatic carbocycles. The van der Waals surface area contributed by atoms with Gasteiger partial charge in [0.2, 0.25) is 0 Å². The van der Waals surface area contributed by atoms with Gasteiger partial charge in [-0.05, 0) is 36.1 Å². The highest BCUT2D eigenvalue weighted by molar-refractivity contribution is 5.73. The third-order valence-electron chi connectivity index (χ3n) is 3.79. The molecule has 0 bridgehead atoms. The second-order valence-corrected chi connectivity index (χ2v) is 5.26. The summed E-state index contributed by atoms with van der Waals surface area (Å²) in [5.41, 5.74) is 3.47. The van der Waals surface area contributed by atoms with Crippen LogP contribution in [-0.2, 0) is 13.0 Å². The molecule has 0 heterocycles. The number of rotatable bonds is 5. The van der Waals surface area contributed by atoms with Gasteiger partial charge in [0.15, 0.2) is 0 Å². The SMILES string of the molecule is CCc1ccccc1-c1ccc(CNC(=O)N(N)CC)c(F)c1. The second-order valence-electron chi connectivity index (χ2n) is 5.26. The van der Waals surface area contributed by atoms with E-state index in [1.807, 2.05) is 30.3 Å². The molecule has 0 fully saturated rings. The number of amides is 2. The van der Waals surface area contributed by atoms with Gasteiger partial charge in [-0.25, -0.2) is 15.0 Å². The summed E-state index contributed by atoms with van der Waals surface area (Å²) in [7, 11) is 0. The predicted octanol–water partition coefficient (Wildman–Crippen LogP) is 3.46. The quantitative estimate of drug-likeness (QED) is 0.504. The fourth-order valence-electron chi connectivity index (χ4n) is 2.38. The maximum atomic E-state index is 14.3. The predicted molar refractivity (Wildman–Crippen MR) is 90.0 cm³/mol. The van der Waals surface area contributed by atoms with Crippen LogP contribution in [0.2, 0.25) is 0 Å². The van der Waals surface area contributed by atoms with E-state index in [4.69, 9.17) is 5.84 Å². The summed E-state index contributed by atoms with van der Waals surface area (Å²) in [5, 5.41) is 3.64. The zero-order valence-corrected chi connectivity index (χ0v) is 13.5. The average molecular weight is 315 g/mol. The van der Waals surface area contributed by atoms with E-state index in [1.165, 1.54) is 11.6 Å². The third kappa shape index (κ3) is 4.07. The van der Waals surface area contributed by atoms with E-state index >= 15 is 0 Å². The summed E-state index contributed by atoms with van der Waals surface area (Å²) in [6.07, 6.45) is 0.888. The molecular formula is C18H22FN3O. The van der Waals surface area contributed by atoms with Crippen LogP contribution in [0.5, 0.6) is 0 Å². The molecule has 2 rings (SSSR count). The van der Waals surface area contributed by atoms with E-state index in [0.29, 0.717) is 12.1 Å². The summed E-state index contributed by atoms with van der Waals surface area (Å²) in [6.45, 7) is 4.33. The van der Waals surface area contributed by atoms with Gasteiger partial charge in [-0.3, -0.25) is 5.01 Å². The number of urea groups is 1. The molecule has 0 saturated heterocycles. The Bertz CT molecular complexity index is 688. The van der Waals surface area contributed by atoms with Crippen LogP contribution in [0.25, 0.3) is 11.1 Å². The van der Waals surface area contributed by atoms with Crippen molar-refractivity contribution >= 4 is 6.03 Å². The van der Waals surface area contributed by atoms with Crippen molar-refractivity contribution in [3.63, 3.8) is 0 Å². The number of aryl methyl sites for hydroxylation is 1. The number of hydrazine groups is 1. The van der Waals surface area contributed by atoms with E-state index in [-0.39, 0.29) is 12.4 Å². The number of nitrogens with zero attached hydrogens (tertiary/aromatic N) is 1. The number of nitrogens with two attached hydrogens (primary N) is 1. The monoisotopic (exact) mass is 315 g/mol. The van der Waals surface area contributed by atoms with E-state index in [2.05, 4.69) is 12.2 Å². The van der Waals surface area contributed by atoms with Crippen molar-refractivity contribution in [3.8, 4) is 11.1 Å². The molecule has 3 N–H and O–H groups in total. The first-order valence-electron chi connectivity index (χ1n) is 7.73. The average Bonchev–Trinajstić information content (AvgIpc) is 2.59. The Morgan fingerprint density at radius 3 is 2.57 bits per heavy atom. The van der Waals surface area contributed by atoms with Crippen LogP contribution >= 0.6 is 0 Å². The van der Waals surface area contributed by atoms with Crippen molar-refractivity contribution < 1.29 is 9.18 Å². The number of hydrogen-bond donors (Lipinski definition) is 2. The molecule has 0 saturated carbocycles. The largest absolute Gasteiger partial charge is 0.333 e. The Morgan fingerprint density at radius 1 is 1.17 bits per heavy atom. The molecule has 0 radical (unpaired) electrons. The molecule has 4 nitrogen and oxygen atoms in total. The smallest absolute Gasteiger partial charge is 0.331 e. The Morgan fingerprint density at radius 2 is 1.91 bits per heavy atom. The molecular weight excluding hydrogens is 293 g/mol. The fraction of sp³-hybridized carbons (Fsp3) is 0.278. The summed E-state index contributed by atoms with van der Waals surface area (Å²) < 4.78 is 14.3. The van der Waals surface area contributed by atoms with Gasteiger partial charge >= 0.3 is 6.03 Å². The lowest BCUT2D eigenvalue weighted by Crippen LogP contribution is -2.44. The van der Waals surface area contributed by atoms with Gasteiger partial charge in [0.1, 0.15) is 5.82 Å². The fourth-order valence-corrected chi connectivity index (χ4v) is 2.38. The molecule has 0 atom stereocenters. The normalized spacial score (nSPS) is 10.4. The molecule has 122 valence electrons. The second kappa shape index (κ2) is 7.74. The van der Waals surface area contributed by atoms with Crippen LogP contribution in [-0.4, -0.2) is 17.6 Å². The van der Waals surface area contributed by atoms with E-state index in [0.717, 1.165) is 22.6 Å². The zero-order valence-electron chi connectivity index (χ0n) is 13.5. The summed E-state index contributed by atoms with van der Waals surface area (Å²) in [4.78, 5) is 11.6. The molecule has 5 heteroatoms. The van der Waals surface area contributed by atoms with Crippen LogP contribution in [0.1, 0.15) is 25.0 Å². The molecule has 0 aliphatic carbocycles. The van der Waals surface area contributed by atoms with Crippen molar-refractivity contribution in [2.75, 3.05) is 6.54 Å². The van der Waals surface area contributed by atoms with Crippen LogP contribution in [0, 0.1) is 5.82 Å². The lowest BCUT2D eigenvalue weighted by Gasteiger charge is -2.15. The number of benzene rings is 2. The summed E-state index contributed by atoms with van der Waals surface area (Å²) in [6, 6.07) is 12.6. The molecule has 0 spiro atoms. The van der Waals surface area contributed by atoms with Gasteiger partial charge in [0.05, 0.1) is 0 Å². The number of carbonyl (C=O) groups excluding carboxylic acids is 1. The number of hydrogen-bond acceptors (Lipinski definition) is 2. The van der Waals surface area contributed by atoms with Crippen molar-refractivity contribution in [1.82, 2.24) is 10.3 Å². The Kier molecular flexibility index (Phi) is 5.71. The summed E-state index contributed by atoms with van der Waals surface area (Å²) in [5.74, 6) is 5.14. The minimum absolute atomic E-state index is 0.105. The van der Waals surface area contributed by atoms with Gasteiger partial charge in [-0.2, -0.15) is 0 Å². The van der Waals surface area contributed by atoms with Gasteiger partial charge in [-0.15, -0.1) is 0 Å². The van der Waals surface area contributed by atoms with Crippen LogP contribution < -0.4 is 11.2 Å². The van der Waals surface area contributed by atoms with Crippen LogP contribution in [0.4, 0.5) is 9.18 Å². The molecule has 0 aromatic heterocycles. The maximum Gasteiger partial charge on any atom is 0.331 e. The minimum Gasteiger partial charge on any atom is -0.333 e. The molecule has 2 aromatic rings. The Hall–Kier alpha value is -2.40. The maximum absolute atomic E-state index is 14.3. The highest BCUT2D eigenvalue weighted by Gasteiger charge is 2.10. The van der Waals surface area contributed by atoms with E-state index in [9.17, 15) is 9.18 Å². The van der Waals surface area contributed by atoms with E-state index in [1.54, 1.807) is 13.0 Å². The van der Waals surface area contributed by atoms with Crippen LogP contribution in [0.15, 0.2) is 42.5 Å². The van der Waals surface area contributed by atoms with Gasteiger partial charge in [0, 0.05) is 18.7 Å².